The highest BCUT2D eigenvalue weighted by Gasteiger charge is 2.20. The smallest absolute Gasteiger partial charge is 0.244 e. The monoisotopic (exact) mass is 263 g/mol. The summed E-state index contributed by atoms with van der Waals surface area (Å²) in [6.45, 7) is 0.283. The van der Waals surface area contributed by atoms with Crippen molar-refractivity contribution in [1.29, 1.82) is 0 Å². The maximum absolute atomic E-state index is 12.2. The van der Waals surface area contributed by atoms with Crippen LogP contribution < -0.4 is 0 Å². The molecule has 0 spiro atoms. The lowest BCUT2D eigenvalue weighted by molar-refractivity contribution is 0.466. The lowest BCUT2D eigenvalue weighted by atomic mass is 10.3. The minimum Gasteiger partial charge on any atom is -0.264 e. The Kier molecular flexibility index (Phi) is 3.69. The summed E-state index contributed by atoms with van der Waals surface area (Å²) in [6.07, 6.45) is 6.18. The molecule has 0 aliphatic carbocycles. The Morgan fingerprint density at radius 2 is 1.78 bits per heavy atom. The first kappa shape index (κ1) is 12.7. The van der Waals surface area contributed by atoms with Gasteiger partial charge in [0, 0.05) is 38.4 Å². The van der Waals surface area contributed by atoms with Gasteiger partial charge in [-0.15, -0.1) is 0 Å². The van der Waals surface area contributed by atoms with Crippen molar-refractivity contribution in [2.75, 3.05) is 7.05 Å². The van der Waals surface area contributed by atoms with E-state index in [1.54, 1.807) is 30.7 Å². The van der Waals surface area contributed by atoms with Gasteiger partial charge in [-0.05, 0) is 23.8 Å². The van der Waals surface area contributed by atoms with E-state index in [9.17, 15) is 8.42 Å². The largest absolute Gasteiger partial charge is 0.264 e. The number of hydrogen-bond acceptors (Lipinski definition) is 4. The van der Waals surface area contributed by atoms with Crippen LogP contribution in [0.2, 0.25) is 0 Å². The molecule has 2 heterocycles. The van der Waals surface area contributed by atoms with Crippen molar-refractivity contribution in [2.45, 2.75) is 11.4 Å². The summed E-state index contributed by atoms with van der Waals surface area (Å²) < 4.78 is 25.7. The average molecular weight is 263 g/mol. The molecule has 2 aromatic heterocycles. The molecule has 0 bridgehead atoms. The van der Waals surface area contributed by atoms with Gasteiger partial charge in [-0.3, -0.25) is 9.97 Å². The number of nitrogens with zero attached hydrogens (tertiary/aromatic N) is 3. The summed E-state index contributed by atoms with van der Waals surface area (Å²) >= 11 is 0. The van der Waals surface area contributed by atoms with Gasteiger partial charge in [0.25, 0.3) is 0 Å². The molecule has 0 saturated heterocycles. The van der Waals surface area contributed by atoms with Crippen molar-refractivity contribution in [3.05, 3.63) is 54.6 Å². The van der Waals surface area contributed by atoms with Crippen LogP contribution in [-0.4, -0.2) is 29.7 Å². The van der Waals surface area contributed by atoms with Gasteiger partial charge < -0.3 is 0 Å². The lowest BCUT2D eigenvalue weighted by Gasteiger charge is -2.16. The van der Waals surface area contributed by atoms with Crippen molar-refractivity contribution in [1.82, 2.24) is 14.3 Å². The number of aromatic nitrogens is 2. The Labute approximate surface area is 106 Å². The van der Waals surface area contributed by atoms with Gasteiger partial charge in [0.05, 0.1) is 0 Å². The standard InChI is InChI=1S/C12H13N3O2S/c1-15(10-11-4-2-6-13-8-11)18(16,17)12-5-3-7-14-9-12/h2-9H,10H2,1H3. The van der Waals surface area contributed by atoms with Crippen molar-refractivity contribution in [3.63, 3.8) is 0 Å². The molecule has 0 unspecified atom stereocenters. The van der Waals surface area contributed by atoms with Crippen molar-refractivity contribution in [2.24, 2.45) is 0 Å². The normalized spacial score (nSPS) is 11.7. The zero-order valence-electron chi connectivity index (χ0n) is 9.89. The van der Waals surface area contributed by atoms with Gasteiger partial charge >= 0.3 is 0 Å². The molecule has 94 valence electrons. The Morgan fingerprint density at radius 3 is 2.33 bits per heavy atom. The van der Waals surface area contributed by atoms with E-state index in [1.165, 1.54) is 23.6 Å². The third-order valence-electron chi connectivity index (χ3n) is 2.47. The Balaban J connectivity index is 2.21. The topological polar surface area (TPSA) is 63.2 Å². The predicted molar refractivity (Wildman–Crippen MR) is 67.1 cm³/mol. The molecule has 0 aromatic carbocycles. The first-order valence-corrected chi connectivity index (χ1v) is 6.80. The summed E-state index contributed by atoms with van der Waals surface area (Å²) in [5.74, 6) is 0. The third kappa shape index (κ3) is 2.72. The number of rotatable bonds is 4. The molecule has 18 heavy (non-hydrogen) atoms. The molecule has 5 nitrogen and oxygen atoms in total. The summed E-state index contributed by atoms with van der Waals surface area (Å²) in [4.78, 5) is 7.97. The molecule has 0 aliphatic rings. The van der Waals surface area contributed by atoms with E-state index in [-0.39, 0.29) is 11.4 Å². The van der Waals surface area contributed by atoms with Gasteiger partial charge in [-0.25, -0.2) is 8.42 Å². The van der Waals surface area contributed by atoms with Crippen LogP contribution in [0.3, 0.4) is 0 Å². The molecule has 0 aliphatic heterocycles. The van der Waals surface area contributed by atoms with Gasteiger partial charge in [-0.1, -0.05) is 6.07 Å². The summed E-state index contributed by atoms with van der Waals surface area (Å²) in [5, 5.41) is 0. The lowest BCUT2D eigenvalue weighted by Crippen LogP contribution is -2.26. The average Bonchev–Trinajstić information content (AvgIpc) is 2.41. The molecular formula is C12H13N3O2S. The fraction of sp³-hybridized carbons (Fsp3) is 0.167. The third-order valence-corrected chi connectivity index (χ3v) is 4.26. The van der Waals surface area contributed by atoms with Crippen molar-refractivity contribution in [3.8, 4) is 0 Å². The van der Waals surface area contributed by atoms with E-state index < -0.39 is 10.0 Å². The highest BCUT2D eigenvalue weighted by molar-refractivity contribution is 7.89. The minimum atomic E-state index is -3.49. The Bertz CT molecular complexity index is 600. The van der Waals surface area contributed by atoms with Crippen LogP contribution in [0, 0.1) is 0 Å². The number of sulfonamides is 1. The van der Waals surface area contributed by atoms with Crippen LogP contribution in [0.1, 0.15) is 5.56 Å². The Hall–Kier alpha value is -1.79. The molecule has 0 radical (unpaired) electrons. The van der Waals surface area contributed by atoms with Crippen LogP contribution >= 0.6 is 0 Å². The maximum Gasteiger partial charge on any atom is 0.244 e. The van der Waals surface area contributed by atoms with Crippen LogP contribution in [0.4, 0.5) is 0 Å². The predicted octanol–water partition coefficient (Wildman–Crippen LogP) is 1.30. The first-order valence-electron chi connectivity index (χ1n) is 5.36. The van der Waals surface area contributed by atoms with E-state index in [2.05, 4.69) is 9.97 Å². The fourth-order valence-electron chi connectivity index (χ4n) is 1.51. The van der Waals surface area contributed by atoms with Crippen molar-refractivity contribution < 1.29 is 8.42 Å². The van der Waals surface area contributed by atoms with Crippen LogP contribution in [-0.2, 0) is 16.6 Å². The minimum absolute atomic E-state index is 0.191. The molecule has 6 heteroatoms. The summed E-state index contributed by atoms with van der Waals surface area (Å²) in [6, 6.07) is 6.75. The summed E-state index contributed by atoms with van der Waals surface area (Å²) in [7, 11) is -1.96. The van der Waals surface area contributed by atoms with E-state index in [0.29, 0.717) is 0 Å². The molecule has 0 saturated carbocycles. The molecule has 0 amide bonds. The van der Waals surface area contributed by atoms with E-state index in [4.69, 9.17) is 0 Å². The molecule has 2 aromatic rings. The highest BCUT2D eigenvalue weighted by atomic mass is 32.2. The number of hydrogen-bond donors (Lipinski definition) is 0. The van der Waals surface area contributed by atoms with Crippen LogP contribution in [0.5, 0.6) is 0 Å². The van der Waals surface area contributed by atoms with Crippen LogP contribution in [0.15, 0.2) is 53.9 Å². The zero-order valence-corrected chi connectivity index (χ0v) is 10.7. The zero-order chi connectivity index (χ0) is 13.0. The van der Waals surface area contributed by atoms with E-state index in [1.807, 2.05) is 6.07 Å². The van der Waals surface area contributed by atoms with Gasteiger partial charge in [0.15, 0.2) is 0 Å². The summed E-state index contributed by atoms with van der Waals surface area (Å²) in [5.41, 5.74) is 0.840. The highest BCUT2D eigenvalue weighted by Crippen LogP contribution is 2.14. The quantitative estimate of drug-likeness (QED) is 0.834. The molecule has 0 N–H and O–H groups in total. The first-order chi connectivity index (χ1) is 8.60. The van der Waals surface area contributed by atoms with E-state index >= 15 is 0 Å². The Morgan fingerprint density at radius 1 is 1.11 bits per heavy atom. The van der Waals surface area contributed by atoms with Crippen molar-refractivity contribution >= 4 is 10.0 Å². The van der Waals surface area contributed by atoms with Gasteiger partial charge in [0.2, 0.25) is 10.0 Å². The second-order valence-electron chi connectivity index (χ2n) is 3.81. The molecule has 0 fully saturated rings. The van der Waals surface area contributed by atoms with Gasteiger partial charge in [-0.2, -0.15) is 4.31 Å². The van der Waals surface area contributed by atoms with Gasteiger partial charge in [0.1, 0.15) is 4.90 Å². The van der Waals surface area contributed by atoms with E-state index in [0.717, 1.165) is 5.56 Å². The maximum atomic E-state index is 12.2. The second-order valence-corrected chi connectivity index (χ2v) is 5.86. The SMILES string of the molecule is CN(Cc1cccnc1)S(=O)(=O)c1cccnc1. The molecule has 2 rings (SSSR count). The fourth-order valence-corrected chi connectivity index (χ4v) is 2.64. The molecule has 0 atom stereocenters. The number of pyridine rings is 2. The second kappa shape index (κ2) is 5.24. The molecular weight excluding hydrogens is 250 g/mol. The van der Waals surface area contributed by atoms with Crippen LogP contribution in [0.25, 0.3) is 0 Å².